The zero-order valence-electron chi connectivity index (χ0n) is 13.3. The van der Waals surface area contributed by atoms with Crippen molar-refractivity contribution in [2.24, 2.45) is 5.92 Å². The standard InChI is InChI=1S/C15H20Cl2N2O4S/c1-2-24(22,23)19-5-3-10(4-6-19)9-18-15(21)12-7-11(16)8-13(17)14(12)20/h7-8,10,20H,2-6,9H2,1H3,(H,18,21). The quantitative estimate of drug-likeness (QED) is 0.802. The van der Waals surface area contributed by atoms with Crippen LogP contribution in [0.15, 0.2) is 12.1 Å². The summed E-state index contributed by atoms with van der Waals surface area (Å²) in [6.45, 7) is 2.96. The minimum absolute atomic E-state index is 0.0192. The van der Waals surface area contributed by atoms with E-state index in [1.54, 1.807) is 6.92 Å². The molecule has 134 valence electrons. The molecule has 6 nitrogen and oxygen atoms in total. The Hall–Kier alpha value is -1.02. The third kappa shape index (κ3) is 4.53. The molecule has 1 amide bonds. The smallest absolute Gasteiger partial charge is 0.255 e. The average Bonchev–Trinajstić information content (AvgIpc) is 2.56. The second-order valence-electron chi connectivity index (χ2n) is 5.74. The number of carbonyl (C=O) groups excluding carboxylic acids is 1. The van der Waals surface area contributed by atoms with Crippen LogP contribution in [0.4, 0.5) is 0 Å². The number of aromatic hydroxyl groups is 1. The molecule has 1 saturated heterocycles. The van der Waals surface area contributed by atoms with Crippen LogP contribution in [0.2, 0.25) is 10.0 Å². The van der Waals surface area contributed by atoms with Crippen molar-refractivity contribution in [1.82, 2.24) is 9.62 Å². The fraction of sp³-hybridized carbons (Fsp3) is 0.533. The zero-order chi connectivity index (χ0) is 17.9. The molecular formula is C15H20Cl2N2O4S. The summed E-state index contributed by atoms with van der Waals surface area (Å²) in [6.07, 6.45) is 1.36. The zero-order valence-corrected chi connectivity index (χ0v) is 15.6. The molecule has 0 unspecified atom stereocenters. The van der Waals surface area contributed by atoms with Crippen LogP contribution in [-0.2, 0) is 10.0 Å². The summed E-state index contributed by atoms with van der Waals surface area (Å²) in [6, 6.07) is 2.72. The summed E-state index contributed by atoms with van der Waals surface area (Å²) in [5.41, 5.74) is 0.0264. The Kier molecular flexibility index (Phi) is 6.36. The summed E-state index contributed by atoms with van der Waals surface area (Å²) in [7, 11) is -3.15. The number of rotatable bonds is 5. The topological polar surface area (TPSA) is 86.7 Å². The Bertz CT molecular complexity index is 716. The number of piperidine rings is 1. The van der Waals surface area contributed by atoms with Crippen LogP contribution in [0.25, 0.3) is 0 Å². The number of halogens is 2. The maximum Gasteiger partial charge on any atom is 0.255 e. The van der Waals surface area contributed by atoms with Crippen LogP contribution < -0.4 is 5.32 Å². The van der Waals surface area contributed by atoms with E-state index in [9.17, 15) is 18.3 Å². The summed E-state index contributed by atoms with van der Waals surface area (Å²) in [5, 5.41) is 12.9. The second kappa shape index (κ2) is 7.91. The first kappa shape index (κ1) is 19.3. The number of benzene rings is 1. The minimum Gasteiger partial charge on any atom is -0.506 e. The Labute approximate surface area is 151 Å². The number of nitrogens with zero attached hydrogens (tertiary/aromatic N) is 1. The molecule has 0 aliphatic carbocycles. The number of nitrogens with one attached hydrogen (secondary N) is 1. The van der Waals surface area contributed by atoms with E-state index in [2.05, 4.69) is 5.32 Å². The molecule has 1 aliphatic heterocycles. The van der Waals surface area contributed by atoms with Gasteiger partial charge in [-0.15, -0.1) is 0 Å². The molecule has 2 rings (SSSR count). The van der Waals surface area contributed by atoms with Crippen molar-refractivity contribution >= 4 is 39.1 Å². The van der Waals surface area contributed by atoms with Gasteiger partial charge in [-0.25, -0.2) is 12.7 Å². The van der Waals surface area contributed by atoms with Crippen LogP contribution in [0.1, 0.15) is 30.1 Å². The van der Waals surface area contributed by atoms with Crippen molar-refractivity contribution in [2.75, 3.05) is 25.4 Å². The van der Waals surface area contributed by atoms with E-state index in [-0.39, 0.29) is 33.0 Å². The third-order valence-electron chi connectivity index (χ3n) is 4.16. The summed E-state index contributed by atoms with van der Waals surface area (Å²) >= 11 is 11.7. The molecule has 9 heteroatoms. The number of amides is 1. The van der Waals surface area contributed by atoms with E-state index in [1.807, 2.05) is 0 Å². The summed E-state index contributed by atoms with van der Waals surface area (Å²) in [4.78, 5) is 12.2. The lowest BCUT2D eigenvalue weighted by Gasteiger charge is -2.31. The predicted octanol–water partition coefficient (Wildman–Crippen LogP) is 2.49. The Morgan fingerprint density at radius 2 is 1.96 bits per heavy atom. The van der Waals surface area contributed by atoms with Crippen molar-refractivity contribution in [2.45, 2.75) is 19.8 Å². The van der Waals surface area contributed by atoms with Gasteiger partial charge in [0, 0.05) is 24.7 Å². The average molecular weight is 395 g/mol. The number of hydrogen-bond donors (Lipinski definition) is 2. The van der Waals surface area contributed by atoms with Gasteiger partial charge in [-0.1, -0.05) is 23.2 Å². The van der Waals surface area contributed by atoms with E-state index in [1.165, 1.54) is 16.4 Å². The predicted molar refractivity (Wildman–Crippen MR) is 94.2 cm³/mol. The molecular weight excluding hydrogens is 375 g/mol. The van der Waals surface area contributed by atoms with Gasteiger partial charge in [0.05, 0.1) is 16.3 Å². The lowest BCUT2D eigenvalue weighted by Crippen LogP contribution is -2.42. The lowest BCUT2D eigenvalue weighted by atomic mass is 9.98. The fourth-order valence-electron chi connectivity index (χ4n) is 2.65. The minimum atomic E-state index is -3.15. The molecule has 0 saturated carbocycles. The molecule has 0 spiro atoms. The highest BCUT2D eigenvalue weighted by molar-refractivity contribution is 7.89. The SMILES string of the molecule is CCS(=O)(=O)N1CCC(CNC(=O)c2cc(Cl)cc(Cl)c2O)CC1. The molecule has 2 N–H and O–H groups in total. The molecule has 0 radical (unpaired) electrons. The third-order valence-corrected chi connectivity index (χ3v) is 6.54. The normalized spacial score (nSPS) is 17.0. The van der Waals surface area contributed by atoms with Gasteiger partial charge in [0.25, 0.3) is 5.91 Å². The number of phenolic OH excluding ortho intramolecular Hbond substituents is 1. The van der Waals surface area contributed by atoms with E-state index in [0.29, 0.717) is 32.5 Å². The van der Waals surface area contributed by atoms with Gasteiger partial charge in [0.15, 0.2) is 0 Å². The molecule has 24 heavy (non-hydrogen) atoms. The van der Waals surface area contributed by atoms with Crippen LogP contribution in [0.3, 0.4) is 0 Å². The fourth-order valence-corrected chi connectivity index (χ4v) is 4.27. The van der Waals surface area contributed by atoms with Crippen molar-refractivity contribution < 1.29 is 18.3 Å². The van der Waals surface area contributed by atoms with Gasteiger partial charge in [0.2, 0.25) is 10.0 Å². The number of phenols is 1. The van der Waals surface area contributed by atoms with Gasteiger partial charge >= 0.3 is 0 Å². The van der Waals surface area contributed by atoms with Crippen molar-refractivity contribution in [1.29, 1.82) is 0 Å². The van der Waals surface area contributed by atoms with Crippen LogP contribution in [0, 0.1) is 5.92 Å². The van der Waals surface area contributed by atoms with Crippen LogP contribution in [-0.4, -0.2) is 49.1 Å². The van der Waals surface area contributed by atoms with Crippen LogP contribution in [0.5, 0.6) is 5.75 Å². The molecule has 1 aliphatic rings. The largest absolute Gasteiger partial charge is 0.506 e. The molecule has 1 heterocycles. The molecule has 0 bridgehead atoms. The van der Waals surface area contributed by atoms with Gasteiger partial charge in [-0.05, 0) is 37.8 Å². The van der Waals surface area contributed by atoms with Crippen molar-refractivity contribution in [3.63, 3.8) is 0 Å². The highest BCUT2D eigenvalue weighted by Gasteiger charge is 2.27. The number of sulfonamides is 1. The van der Waals surface area contributed by atoms with E-state index >= 15 is 0 Å². The first-order valence-corrected chi connectivity index (χ1v) is 10.0. The molecule has 0 atom stereocenters. The monoisotopic (exact) mass is 394 g/mol. The highest BCUT2D eigenvalue weighted by Crippen LogP contribution is 2.31. The number of carbonyl (C=O) groups is 1. The first-order valence-electron chi connectivity index (χ1n) is 7.68. The first-order chi connectivity index (χ1) is 11.2. The lowest BCUT2D eigenvalue weighted by molar-refractivity contribution is 0.0939. The van der Waals surface area contributed by atoms with Crippen molar-refractivity contribution in [3.05, 3.63) is 27.7 Å². The Balaban J connectivity index is 1.90. The number of hydrogen-bond acceptors (Lipinski definition) is 4. The van der Waals surface area contributed by atoms with Gasteiger partial charge in [-0.3, -0.25) is 4.79 Å². The molecule has 0 aromatic heterocycles. The Morgan fingerprint density at radius 3 is 2.54 bits per heavy atom. The van der Waals surface area contributed by atoms with E-state index < -0.39 is 15.9 Å². The van der Waals surface area contributed by atoms with E-state index in [0.717, 1.165) is 0 Å². The van der Waals surface area contributed by atoms with Gasteiger partial charge in [-0.2, -0.15) is 0 Å². The van der Waals surface area contributed by atoms with Gasteiger partial charge < -0.3 is 10.4 Å². The summed E-state index contributed by atoms with van der Waals surface area (Å²) in [5.74, 6) is -0.472. The molecule has 1 aromatic carbocycles. The van der Waals surface area contributed by atoms with Gasteiger partial charge in [0.1, 0.15) is 5.75 Å². The summed E-state index contributed by atoms with van der Waals surface area (Å²) < 4.78 is 25.1. The van der Waals surface area contributed by atoms with Crippen LogP contribution >= 0.6 is 23.2 Å². The molecule has 1 aromatic rings. The highest BCUT2D eigenvalue weighted by atomic mass is 35.5. The van der Waals surface area contributed by atoms with Crippen molar-refractivity contribution in [3.8, 4) is 5.75 Å². The second-order valence-corrected chi connectivity index (χ2v) is 8.84. The maximum atomic E-state index is 12.2. The maximum absolute atomic E-state index is 12.2. The van der Waals surface area contributed by atoms with E-state index in [4.69, 9.17) is 23.2 Å². The molecule has 1 fully saturated rings. The Morgan fingerprint density at radius 1 is 1.33 bits per heavy atom.